The maximum Gasteiger partial charge on any atom is 0.317 e. The number of hydrogen-bond acceptors (Lipinski definition) is 6. The Labute approximate surface area is 132 Å². The van der Waals surface area contributed by atoms with Crippen LogP contribution < -0.4 is 0 Å². The molecular formula is C14H16O5S2. The van der Waals surface area contributed by atoms with Crippen molar-refractivity contribution in [2.45, 2.75) is 11.7 Å². The fraction of sp³-hybridized carbons (Fsp3) is 0.357. The molecule has 1 rings (SSSR count). The highest BCUT2D eigenvalue weighted by atomic mass is 32.2. The highest BCUT2D eigenvalue weighted by molar-refractivity contribution is 8.24. The van der Waals surface area contributed by atoms with E-state index in [0.717, 1.165) is 17.3 Å². The second-order valence-electron chi connectivity index (χ2n) is 4.02. The number of rotatable bonds is 8. The van der Waals surface area contributed by atoms with Crippen molar-refractivity contribution in [1.82, 2.24) is 0 Å². The lowest BCUT2D eigenvalue weighted by molar-refractivity contribution is -0.148. The number of ether oxygens (including phenoxy) is 2. The van der Waals surface area contributed by atoms with Gasteiger partial charge in [-0.1, -0.05) is 54.3 Å². The van der Waals surface area contributed by atoms with Gasteiger partial charge in [-0.25, -0.2) is 0 Å². The predicted molar refractivity (Wildman–Crippen MR) is 84.6 cm³/mol. The Kier molecular flexibility index (Phi) is 7.96. The van der Waals surface area contributed by atoms with Gasteiger partial charge < -0.3 is 14.6 Å². The quantitative estimate of drug-likeness (QED) is 0.445. The first-order valence-corrected chi connectivity index (χ1v) is 7.46. The zero-order valence-electron chi connectivity index (χ0n) is 11.5. The van der Waals surface area contributed by atoms with E-state index >= 15 is 0 Å². The van der Waals surface area contributed by atoms with E-state index in [9.17, 15) is 14.7 Å². The van der Waals surface area contributed by atoms with Gasteiger partial charge in [0.15, 0.2) is 0 Å². The summed E-state index contributed by atoms with van der Waals surface area (Å²) >= 11 is 6.18. The third-order valence-electron chi connectivity index (χ3n) is 2.44. The summed E-state index contributed by atoms with van der Waals surface area (Å²) in [5.41, 5.74) is 0.761. The van der Waals surface area contributed by atoms with Crippen molar-refractivity contribution in [2.24, 2.45) is 0 Å². The van der Waals surface area contributed by atoms with E-state index in [4.69, 9.17) is 21.7 Å². The number of hydrogen-bond donors (Lipinski definition) is 1. The molecule has 0 heterocycles. The zero-order valence-corrected chi connectivity index (χ0v) is 13.1. The van der Waals surface area contributed by atoms with E-state index in [1.165, 1.54) is 7.11 Å². The highest BCUT2D eigenvalue weighted by Crippen LogP contribution is 2.22. The van der Waals surface area contributed by atoms with Crippen molar-refractivity contribution in [3.8, 4) is 0 Å². The molecule has 1 unspecified atom stereocenters. The van der Waals surface area contributed by atoms with Crippen molar-refractivity contribution in [3.05, 3.63) is 35.9 Å². The Bertz CT molecular complexity index is 489. The van der Waals surface area contributed by atoms with Gasteiger partial charge in [-0.3, -0.25) is 9.59 Å². The lowest BCUT2D eigenvalue weighted by Gasteiger charge is -2.12. The number of carboxylic acid groups (broad SMARTS) is 1. The summed E-state index contributed by atoms with van der Waals surface area (Å²) in [6.07, 6.45) is -0.239. The van der Waals surface area contributed by atoms with Gasteiger partial charge in [-0.15, -0.1) is 0 Å². The standard InChI is InChI=1S/C14H16O5S2/c1-18-7-8-19-12(15)9-11(13(16)17)21-14(20)10-5-3-2-4-6-10/h2-6,11H,7-9H2,1H3,(H,16,17). The van der Waals surface area contributed by atoms with Gasteiger partial charge in [-0.2, -0.15) is 0 Å². The summed E-state index contributed by atoms with van der Waals surface area (Å²) in [4.78, 5) is 22.8. The molecule has 0 fully saturated rings. The summed E-state index contributed by atoms with van der Waals surface area (Å²) in [5, 5.41) is 8.21. The monoisotopic (exact) mass is 328 g/mol. The molecule has 0 aromatic heterocycles. The molecule has 0 aliphatic heterocycles. The number of carboxylic acids is 1. The molecular weight excluding hydrogens is 312 g/mol. The number of aliphatic carboxylic acids is 1. The third-order valence-corrected chi connectivity index (χ3v) is 4.06. The van der Waals surface area contributed by atoms with Gasteiger partial charge in [0.25, 0.3) is 0 Å². The summed E-state index contributed by atoms with van der Waals surface area (Å²) < 4.78 is 10.1. The van der Waals surface area contributed by atoms with Gasteiger partial charge in [-0.05, 0) is 5.56 Å². The van der Waals surface area contributed by atoms with Crippen LogP contribution in [0.3, 0.4) is 0 Å². The molecule has 1 atom stereocenters. The average Bonchev–Trinajstić information content (AvgIpc) is 2.47. The SMILES string of the molecule is COCCOC(=O)CC(SC(=S)c1ccccc1)C(=O)O. The minimum absolute atomic E-state index is 0.107. The van der Waals surface area contributed by atoms with Crippen molar-refractivity contribution in [3.63, 3.8) is 0 Å². The van der Waals surface area contributed by atoms with Crippen LogP contribution in [0.1, 0.15) is 12.0 Å². The molecule has 114 valence electrons. The molecule has 0 saturated heterocycles. The van der Waals surface area contributed by atoms with Crippen molar-refractivity contribution in [2.75, 3.05) is 20.3 Å². The van der Waals surface area contributed by atoms with Crippen molar-refractivity contribution in [1.29, 1.82) is 0 Å². The maximum atomic E-state index is 11.6. The number of carbonyl (C=O) groups excluding carboxylic acids is 1. The molecule has 5 nitrogen and oxygen atoms in total. The molecule has 7 heteroatoms. The lowest BCUT2D eigenvalue weighted by Crippen LogP contribution is -2.24. The van der Waals surface area contributed by atoms with Crippen LogP contribution in [0, 0.1) is 0 Å². The lowest BCUT2D eigenvalue weighted by atomic mass is 10.2. The predicted octanol–water partition coefficient (Wildman–Crippen LogP) is 2.13. The molecule has 0 aliphatic rings. The first-order chi connectivity index (χ1) is 10.0. The Balaban J connectivity index is 2.56. The van der Waals surface area contributed by atoms with Gasteiger partial charge >= 0.3 is 11.9 Å². The zero-order chi connectivity index (χ0) is 15.7. The summed E-state index contributed by atoms with van der Waals surface area (Å²) in [7, 11) is 1.49. The average molecular weight is 328 g/mol. The topological polar surface area (TPSA) is 72.8 Å². The highest BCUT2D eigenvalue weighted by Gasteiger charge is 2.24. The molecule has 1 N–H and O–H groups in total. The van der Waals surface area contributed by atoms with E-state index in [-0.39, 0.29) is 19.6 Å². The van der Waals surface area contributed by atoms with Crippen molar-refractivity contribution >= 4 is 40.1 Å². The van der Waals surface area contributed by atoms with Crippen LogP contribution in [-0.2, 0) is 19.1 Å². The Morgan fingerprint density at radius 1 is 1.29 bits per heavy atom. The summed E-state index contributed by atoms with van der Waals surface area (Å²) in [6, 6.07) is 9.07. The second-order valence-corrected chi connectivity index (χ2v) is 5.90. The molecule has 21 heavy (non-hydrogen) atoms. The maximum absolute atomic E-state index is 11.6. The second kappa shape index (κ2) is 9.49. The van der Waals surface area contributed by atoms with Crippen LogP contribution in [0.4, 0.5) is 0 Å². The first-order valence-electron chi connectivity index (χ1n) is 6.18. The van der Waals surface area contributed by atoms with E-state index in [1.807, 2.05) is 18.2 Å². The minimum atomic E-state index is -1.10. The molecule has 0 radical (unpaired) electrons. The third kappa shape index (κ3) is 6.70. The smallest absolute Gasteiger partial charge is 0.317 e. The Morgan fingerprint density at radius 2 is 1.95 bits per heavy atom. The van der Waals surface area contributed by atoms with Crippen molar-refractivity contribution < 1.29 is 24.2 Å². The van der Waals surface area contributed by atoms with E-state index in [1.54, 1.807) is 12.1 Å². The van der Waals surface area contributed by atoms with Gasteiger partial charge in [0.2, 0.25) is 0 Å². The van der Waals surface area contributed by atoms with Crippen LogP contribution >= 0.6 is 24.0 Å². The fourth-order valence-electron chi connectivity index (χ4n) is 1.40. The minimum Gasteiger partial charge on any atom is -0.480 e. The molecule has 0 saturated carbocycles. The largest absolute Gasteiger partial charge is 0.480 e. The van der Waals surface area contributed by atoms with Crippen LogP contribution in [-0.4, -0.2) is 46.8 Å². The Hall–Kier alpha value is -1.44. The molecule has 1 aromatic carbocycles. The molecule has 0 amide bonds. The molecule has 0 aliphatic carbocycles. The van der Waals surface area contributed by atoms with Crippen LogP contribution in [0.15, 0.2) is 30.3 Å². The van der Waals surface area contributed by atoms with Crippen LogP contribution in [0.2, 0.25) is 0 Å². The van der Waals surface area contributed by atoms with Gasteiger partial charge in [0.05, 0.1) is 17.2 Å². The van der Waals surface area contributed by atoms with E-state index in [2.05, 4.69) is 0 Å². The number of benzene rings is 1. The molecule has 1 aromatic rings. The number of thioether (sulfide) groups is 1. The summed E-state index contributed by atoms with van der Waals surface area (Å²) in [5.74, 6) is -1.68. The van der Waals surface area contributed by atoms with Gasteiger partial charge in [0, 0.05) is 7.11 Å². The van der Waals surface area contributed by atoms with E-state index in [0.29, 0.717) is 4.20 Å². The van der Waals surface area contributed by atoms with Crippen LogP contribution in [0.25, 0.3) is 0 Å². The molecule has 0 bridgehead atoms. The number of carbonyl (C=O) groups is 2. The fourth-order valence-corrected chi connectivity index (χ4v) is 2.74. The van der Waals surface area contributed by atoms with E-state index < -0.39 is 17.2 Å². The first kappa shape index (κ1) is 17.6. The Morgan fingerprint density at radius 3 is 2.52 bits per heavy atom. The van der Waals surface area contributed by atoms with Crippen LogP contribution in [0.5, 0.6) is 0 Å². The number of thiocarbonyl (C=S) groups is 1. The van der Waals surface area contributed by atoms with Gasteiger partial charge in [0.1, 0.15) is 11.9 Å². The normalized spacial score (nSPS) is 11.7. The molecule has 0 spiro atoms. The number of esters is 1. The summed E-state index contributed by atoms with van der Waals surface area (Å²) in [6.45, 7) is 0.383. The number of methoxy groups -OCH3 is 1.